The Kier molecular flexibility index (Phi) is 8.78. The fraction of sp³-hybridized carbons (Fsp3) is 0.625. The van der Waals surface area contributed by atoms with Gasteiger partial charge in [-0.15, -0.1) is 0 Å². The third-order valence-electron chi connectivity index (χ3n) is 7.15. The molecule has 1 aliphatic heterocycles. The lowest BCUT2D eigenvalue weighted by atomic mass is 9.89. The normalized spacial score (nSPS) is 20.4. The van der Waals surface area contributed by atoms with Crippen molar-refractivity contribution >= 4 is 33.2 Å². The highest BCUT2D eigenvalue weighted by atomic mass is 35.5. The molecule has 2 fully saturated rings. The van der Waals surface area contributed by atoms with E-state index in [4.69, 9.17) is 16.3 Å². The van der Waals surface area contributed by atoms with Gasteiger partial charge in [0, 0.05) is 44.7 Å². The molecule has 1 N–H and O–H groups in total. The Labute approximate surface area is 225 Å². The van der Waals surface area contributed by atoms with E-state index < -0.39 is 28.5 Å². The highest BCUT2D eigenvalue weighted by molar-refractivity contribution is 7.91. The lowest BCUT2D eigenvalue weighted by molar-refractivity contribution is -0.167. The van der Waals surface area contributed by atoms with Crippen LogP contribution in [0.15, 0.2) is 12.3 Å². The van der Waals surface area contributed by atoms with Crippen LogP contribution < -0.4 is 15.0 Å². The largest absolute Gasteiger partial charge is 0.496 e. The molecule has 0 aromatic carbocycles. The van der Waals surface area contributed by atoms with Crippen LogP contribution in [0.3, 0.4) is 0 Å². The SMILES string of the molecule is CCn1nc(C(=O)NCC2CCC(S(C)(=O)=O)CC2)c(Cl)c1-c1cnc(N2CC(OC(F)F)C2)cc1OC. The number of sulfone groups is 1. The molecule has 0 atom stereocenters. The number of hydrogen-bond donors (Lipinski definition) is 1. The molecule has 1 amide bonds. The van der Waals surface area contributed by atoms with Crippen LogP contribution in [-0.4, -0.2) is 80.1 Å². The van der Waals surface area contributed by atoms with E-state index in [0.29, 0.717) is 48.8 Å². The average Bonchev–Trinajstić information content (AvgIpc) is 3.19. The highest BCUT2D eigenvalue weighted by Gasteiger charge is 2.32. The van der Waals surface area contributed by atoms with Crippen molar-refractivity contribution in [2.24, 2.45) is 5.92 Å². The number of methoxy groups -OCH3 is 1. The number of carbonyl (C=O) groups excluding carboxylic acids is 1. The summed E-state index contributed by atoms with van der Waals surface area (Å²) >= 11 is 6.67. The number of aryl methyl sites for hydroxylation is 1. The number of halogens is 3. The lowest BCUT2D eigenvalue weighted by Crippen LogP contribution is -2.53. The summed E-state index contributed by atoms with van der Waals surface area (Å²) < 4.78 is 60.1. The molecular formula is C24H32ClF2N5O5S. The molecule has 2 aromatic rings. The van der Waals surface area contributed by atoms with Crippen LogP contribution in [0.1, 0.15) is 43.1 Å². The topological polar surface area (TPSA) is 116 Å². The number of rotatable bonds is 10. The summed E-state index contributed by atoms with van der Waals surface area (Å²) in [5.74, 6) is 0.761. The van der Waals surface area contributed by atoms with Gasteiger partial charge in [0.15, 0.2) is 5.69 Å². The van der Waals surface area contributed by atoms with Crippen molar-refractivity contribution in [2.45, 2.75) is 57.1 Å². The Morgan fingerprint density at radius 1 is 1.26 bits per heavy atom. The van der Waals surface area contributed by atoms with Crippen LogP contribution in [0.4, 0.5) is 14.6 Å². The number of nitrogens with zero attached hydrogens (tertiary/aromatic N) is 4. The van der Waals surface area contributed by atoms with Gasteiger partial charge in [-0.25, -0.2) is 13.4 Å². The zero-order valence-corrected chi connectivity index (χ0v) is 23.1. The van der Waals surface area contributed by atoms with Gasteiger partial charge in [-0.2, -0.15) is 13.9 Å². The third kappa shape index (κ3) is 6.20. The molecular weight excluding hydrogens is 544 g/mol. The van der Waals surface area contributed by atoms with Crippen molar-refractivity contribution in [3.63, 3.8) is 0 Å². The fourth-order valence-corrected chi connectivity index (χ4v) is 6.41. The van der Waals surface area contributed by atoms with Crippen molar-refractivity contribution in [1.82, 2.24) is 20.1 Å². The van der Waals surface area contributed by atoms with E-state index in [-0.39, 0.29) is 35.0 Å². The molecule has 1 aliphatic carbocycles. The molecule has 1 saturated heterocycles. The van der Waals surface area contributed by atoms with Crippen LogP contribution in [0.25, 0.3) is 11.3 Å². The summed E-state index contributed by atoms with van der Waals surface area (Å²) in [6, 6.07) is 1.68. The minimum atomic E-state index is -3.05. The van der Waals surface area contributed by atoms with Crippen LogP contribution in [0.2, 0.25) is 5.02 Å². The number of pyridine rings is 1. The van der Waals surface area contributed by atoms with Crippen LogP contribution in [0, 0.1) is 5.92 Å². The molecule has 10 nitrogen and oxygen atoms in total. The van der Waals surface area contributed by atoms with Gasteiger partial charge in [0.25, 0.3) is 5.91 Å². The quantitative estimate of drug-likeness (QED) is 0.458. The zero-order valence-electron chi connectivity index (χ0n) is 21.5. The number of carbonyl (C=O) groups is 1. The minimum absolute atomic E-state index is 0.0780. The van der Waals surface area contributed by atoms with E-state index in [1.165, 1.54) is 13.4 Å². The monoisotopic (exact) mass is 575 g/mol. The molecule has 1 saturated carbocycles. The van der Waals surface area contributed by atoms with E-state index in [0.717, 1.165) is 12.8 Å². The minimum Gasteiger partial charge on any atom is -0.496 e. The molecule has 2 aromatic heterocycles. The standard InChI is InChI=1S/C24H32ClF2N5O5S/c1-4-32-22(17-11-28-19(9-18(17)36-2)31-12-15(13-31)37-24(26)27)20(25)21(30-32)23(33)29-10-14-5-7-16(8-6-14)38(3,34)35/h9,11,14-16,24H,4-8,10,12-13H2,1-3H3,(H,29,33). The van der Waals surface area contributed by atoms with E-state index in [1.807, 2.05) is 6.92 Å². The van der Waals surface area contributed by atoms with Gasteiger partial charge in [-0.3, -0.25) is 9.48 Å². The number of alkyl halides is 2. The van der Waals surface area contributed by atoms with Gasteiger partial charge in [0.05, 0.1) is 34.7 Å². The van der Waals surface area contributed by atoms with Gasteiger partial charge >= 0.3 is 6.61 Å². The Bertz CT molecular complexity index is 1260. The molecule has 3 heterocycles. The maximum absolute atomic E-state index is 13.0. The van der Waals surface area contributed by atoms with Crippen molar-refractivity contribution in [1.29, 1.82) is 0 Å². The maximum Gasteiger partial charge on any atom is 0.345 e. The molecule has 38 heavy (non-hydrogen) atoms. The second-order valence-corrected chi connectivity index (χ2v) is 12.4. The van der Waals surface area contributed by atoms with Crippen molar-refractivity contribution in [2.75, 3.05) is 37.9 Å². The molecule has 0 radical (unpaired) electrons. The molecule has 4 rings (SSSR count). The summed E-state index contributed by atoms with van der Waals surface area (Å²) in [7, 11) is -1.55. The Hall–Kier alpha value is -2.51. The first-order valence-electron chi connectivity index (χ1n) is 12.5. The highest BCUT2D eigenvalue weighted by Crippen LogP contribution is 2.38. The van der Waals surface area contributed by atoms with Gasteiger partial charge in [-0.05, 0) is 38.5 Å². The van der Waals surface area contributed by atoms with Gasteiger partial charge < -0.3 is 19.7 Å². The second kappa shape index (κ2) is 11.7. The van der Waals surface area contributed by atoms with Gasteiger partial charge in [0.1, 0.15) is 21.4 Å². The molecule has 2 aliphatic rings. The number of nitrogens with one attached hydrogen (secondary N) is 1. The van der Waals surface area contributed by atoms with E-state index in [1.54, 1.807) is 21.8 Å². The number of anilines is 1. The van der Waals surface area contributed by atoms with Crippen LogP contribution >= 0.6 is 11.6 Å². The predicted molar refractivity (Wildman–Crippen MR) is 139 cm³/mol. The van der Waals surface area contributed by atoms with Gasteiger partial charge in [-0.1, -0.05) is 11.6 Å². The first-order chi connectivity index (χ1) is 18.0. The van der Waals surface area contributed by atoms with Gasteiger partial charge in [0.2, 0.25) is 0 Å². The number of ether oxygens (including phenoxy) is 2. The molecule has 0 spiro atoms. The van der Waals surface area contributed by atoms with E-state index >= 15 is 0 Å². The summed E-state index contributed by atoms with van der Waals surface area (Å²) in [6.07, 6.45) is 4.90. The summed E-state index contributed by atoms with van der Waals surface area (Å²) in [5.41, 5.74) is 1.09. The Balaban J connectivity index is 1.46. The van der Waals surface area contributed by atoms with Crippen molar-refractivity contribution < 1.29 is 31.5 Å². The summed E-state index contributed by atoms with van der Waals surface area (Å²) in [5, 5.41) is 7.17. The molecule has 0 bridgehead atoms. The second-order valence-electron chi connectivity index (χ2n) is 9.68. The third-order valence-corrected chi connectivity index (χ3v) is 9.19. The predicted octanol–water partition coefficient (Wildman–Crippen LogP) is 3.39. The first-order valence-corrected chi connectivity index (χ1v) is 14.8. The fourth-order valence-electron chi connectivity index (χ4n) is 4.96. The number of hydrogen-bond acceptors (Lipinski definition) is 8. The Morgan fingerprint density at radius 3 is 2.53 bits per heavy atom. The van der Waals surface area contributed by atoms with E-state index in [9.17, 15) is 22.0 Å². The maximum atomic E-state index is 13.0. The van der Waals surface area contributed by atoms with Crippen LogP contribution in [0.5, 0.6) is 5.75 Å². The van der Waals surface area contributed by atoms with Crippen molar-refractivity contribution in [3.05, 3.63) is 23.0 Å². The smallest absolute Gasteiger partial charge is 0.345 e. The lowest BCUT2D eigenvalue weighted by Gasteiger charge is -2.39. The average molecular weight is 576 g/mol. The molecule has 210 valence electrons. The molecule has 14 heteroatoms. The molecule has 0 unspecified atom stereocenters. The number of amides is 1. The van der Waals surface area contributed by atoms with Crippen molar-refractivity contribution in [3.8, 4) is 17.0 Å². The first kappa shape index (κ1) is 28.5. The summed E-state index contributed by atoms with van der Waals surface area (Å²) in [6.45, 7) is 0.464. The zero-order chi connectivity index (χ0) is 27.6. The Morgan fingerprint density at radius 2 is 1.95 bits per heavy atom. The summed E-state index contributed by atoms with van der Waals surface area (Å²) in [4.78, 5) is 19.3. The van der Waals surface area contributed by atoms with Crippen LogP contribution in [-0.2, 0) is 21.1 Å². The van der Waals surface area contributed by atoms with E-state index in [2.05, 4.69) is 20.1 Å². The number of aromatic nitrogens is 3.